The van der Waals surface area contributed by atoms with E-state index >= 15 is 0 Å². The van der Waals surface area contributed by atoms with E-state index in [1.807, 2.05) is 26.0 Å². The molecular formula is C11H16N2O. The fourth-order valence-corrected chi connectivity index (χ4v) is 1.13. The van der Waals surface area contributed by atoms with E-state index in [-0.39, 0.29) is 6.04 Å². The molecule has 1 unspecified atom stereocenters. The number of nitrogens with zero attached hydrogens (tertiary/aromatic N) is 1. The lowest BCUT2D eigenvalue weighted by atomic mass is 10.2. The number of aryl methyl sites for hydroxylation is 1. The molecule has 1 aromatic rings. The smallest absolute Gasteiger partial charge is 0.160 e. The Bertz CT molecular complexity index is 323. The molecule has 1 atom stereocenters. The average Bonchev–Trinajstić information content (AvgIpc) is 2.18. The molecule has 1 rings (SSSR count). The first-order valence-electron chi connectivity index (χ1n) is 4.57. The highest BCUT2D eigenvalue weighted by atomic mass is 16.5. The molecule has 76 valence electrons. The van der Waals surface area contributed by atoms with Crippen molar-refractivity contribution < 1.29 is 4.74 Å². The Morgan fingerprint density at radius 1 is 1.64 bits per heavy atom. The lowest BCUT2D eigenvalue weighted by Crippen LogP contribution is -2.12. The van der Waals surface area contributed by atoms with E-state index in [4.69, 9.17) is 4.74 Å². The van der Waals surface area contributed by atoms with Gasteiger partial charge in [0.25, 0.3) is 0 Å². The van der Waals surface area contributed by atoms with Crippen LogP contribution in [0.4, 0.5) is 5.69 Å². The fraction of sp³-hybridized carbons (Fsp3) is 0.364. The summed E-state index contributed by atoms with van der Waals surface area (Å²) >= 11 is 0. The van der Waals surface area contributed by atoms with Gasteiger partial charge in [-0.2, -0.15) is 0 Å². The van der Waals surface area contributed by atoms with Gasteiger partial charge in [0, 0.05) is 11.7 Å². The maximum Gasteiger partial charge on any atom is 0.160 e. The summed E-state index contributed by atoms with van der Waals surface area (Å²) in [5.41, 5.74) is 1.91. The van der Waals surface area contributed by atoms with Gasteiger partial charge in [-0.15, -0.1) is 6.58 Å². The monoisotopic (exact) mass is 192 g/mol. The molecule has 1 heterocycles. The zero-order valence-corrected chi connectivity index (χ0v) is 8.87. The summed E-state index contributed by atoms with van der Waals surface area (Å²) in [4.78, 5) is 4.15. The molecule has 1 N–H and O–H groups in total. The van der Waals surface area contributed by atoms with Gasteiger partial charge in [-0.25, -0.2) is 0 Å². The Labute approximate surface area is 84.8 Å². The number of nitrogens with one attached hydrogen (secondary N) is 1. The van der Waals surface area contributed by atoms with Gasteiger partial charge in [-0.05, 0) is 19.9 Å². The second-order valence-electron chi connectivity index (χ2n) is 3.19. The lowest BCUT2D eigenvalue weighted by molar-refractivity contribution is 0.414. The molecule has 0 saturated carbocycles. The molecule has 0 fully saturated rings. The van der Waals surface area contributed by atoms with Gasteiger partial charge in [-0.1, -0.05) is 6.08 Å². The minimum absolute atomic E-state index is 0.214. The quantitative estimate of drug-likeness (QED) is 0.744. The Morgan fingerprint density at radius 3 is 2.93 bits per heavy atom. The molecule has 3 nitrogen and oxygen atoms in total. The van der Waals surface area contributed by atoms with E-state index in [0.717, 1.165) is 17.1 Å². The van der Waals surface area contributed by atoms with Crippen LogP contribution in [0.1, 0.15) is 12.6 Å². The second kappa shape index (κ2) is 4.65. The van der Waals surface area contributed by atoms with Crippen LogP contribution in [0.5, 0.6) is 5.75 Å². The third kappa shape index (κ3) is 2.49. The molecule has 1 aromatic heterocycles. The van der Waals surface area contributed by atoms with E-state index in [1.54, 1.807) is 13.3 Å². The SMILES string of the molecule is C=CC(C)Nc1cc(C)ncc1OC. The summed E-state index contributed by atoms with van der Waals surface area (Å²) in [6.07, 6.45) is 3.56. The van der Waals surface area contributed by atoms with Crippen LogP contribution in [-0.4, -0.2) is 18.1 Å². The van der Waals surface area contributed by atoms with Crippen molar-refractivity contribution in [1.29, 1.82) is 0 Å². The minimum atomic E-state index is 0.214. The molecule has 0 aromatic carbocycles. The van der Waals surface area contributed by atoms with E-state index in [1.165, 1.54) is 0 Å². The van der Waals surface area contributed by atoms with Gasteiger partial charge in [0.15, 0.2) is 5.75 Å². The van der Waals surface area contributed by atoms with Gasteiger partial charge < -0.3 is 10.1 Å². The summed E-state index contributed by atoms with van der Waals surface area (Å²) in [6.45, 7) is 7.69. The third-order valence-corrected chi connectivity index (χ3v) is 1.96. The molecule has 14 heavy (non-hydrogen) atoms. The highest BCUT2D eigenvalue weighted by Crippen LogP contribution is 2.24. The van der Waals surface area contributed by atoms with Crippen molar-refractivity contribution in [2.45, 2.75) is 19.9 Å². The number of pyridine rings is 1. The van der Waals surface area contributed by atoms with Crippen LogP contribution in [0.3, 0.4) is 0 Å². The number of anilines is 1. The molecule has 3 heteroatoms. The fourth-order valence-electron chi connectivity index (χ4n) is 1.13. The van der Waals surface area contributed by atoms with Crippen LogP contribution in [-0.2, 0) is 0 Å². The highest BCUT2D eigenvalue weighted by Gasteiger charge is 2.05. The van der Waals surface area contributed by atoms with Crippen molar-refractivity contribution >= 4 is 5.69 Å². The zero-order valence-electron chi connectivity index (χ0n) is 8.87. The van der Waals surface area contributed by atoms with Crippen LogP contribution >= 0.6 is 0 Å². The summed E-state index contributed by atoms with van der Waals surface area (Å²) in [7, 11) is 1.64. The summed E-state index contributed by atoms with van der Waals surface area (Å²) in [5.74, 6) is 0.754. The number of aromatic nitrogens is 1. The first-order chi connectivity index (χ1) is 6.67. The first kappa shape index (κ1) is 10.6. The zero-order chi connectivity index (χ0) is 10.6. The molecule has 0 aliphatic heterocycles. The maximum absolute atomic E-state index is 5.19. The van der Waals surface area contributed by atoms with Crippen molar-refractivity contribution in [2.75, 3.05) is 12.4 Å². The van der Waals surface area contributed by atoms with Crippen LogP contribution < -0.4 is 10.1 Å². The number of ether oxygens (including phenoxy) is 1. The van der Waals surface area contributed by atoms with Gasteiger partial charge in [0.05, 0.1) is 19.0 Å². The van der Waals surface area contributed by atoms with Gasteiger partial charge in [0.2, 0.25) is 0 Å². The van der Waals surface area contributed by atoms with Crippen LogP contribution in [0.2, 0.25) is 0 Å². The van der Waals surface area contributed by atoms with E-state index in [0.29, 0.717) is 0 Å². The molecule has 0 amide bonds. The number of methoxy groups -OCH3 is 1. The maximum atomic E-state index is 5.19. The number of hydrogen-bond donors (Lipinski definition) is 1. The first-order valence-corrected chi connectivity index (χ1v) is 4.57. The van der Waals surface area contributed by atoms with Crippen molar-refractivity contribution in [1.82, 2.24) is 4.98 Å². The third-order valence-electron chi connectivity index (χ3n) is 1.96. The van der Waals surface area contributed by atoms with Crippen LogP contribution in [0.15, 0.2) is 24.9 Å². The molecule has 0 spiro atoms. The van der Waals surface area contributed by atoms with E-state index in [9.17, 15) is 0 Å². The Balaban J connectivity index is 2.92. The molecule has 0 aliphatic rings. The predicted molar refractivity (Wildman–Crippen MR) is 58.8 cm³/mol. The number of hydrogen-bond acceptors (Lipinski definition) is 3. The van der Waals surface area contributed by atoms with E-state index in [2.05, 4.69) is 16.9 Å². The molecule has 0 aliphatic carbocycles. The van der Waals surface area contributed by atoms with Crippen molar-refractivity contribution in [3.8, 4) is 5.75 Å². The lowest BCUT2D eigenvalue weighted by Gasteiger charge is -2.14. The molecule has 0 radical (unpaired) electrons. The summed E-state index contributed by atoms with van der Waals surface area (Å²) in [6, 6.07) is 2.17. The Hall–Kier alpha value is -1.51. The van der Waals surface area contributed by atoms with Crippen molar-refractivity contribution in [2.24, 2.45) is 0 Å². The van der Waals surface area contributed by atoms with E-state index < -0.39 is 0 Å². The highest BCUT2D eigenvalue weighted by molar-refractivity contribution is 5.56. The Morgan fingerprint density at radius 2 is 2.36 bits per heavy atom. The summed E-state index contributed by atoms with van der Waals surface area (Å²) in [5, 5.41) is 3.27. The van der Waals surface area contributed by atoms with Gasteiger partial charge >= 0.3 is 0 Å². The molecular weight excluding hydrogens is 176 g/mol. The Kier molecular flexibility index (Phi) is 3.51. The summed E-state index contributed by atoms with van der Waals surface area (Å²) < 4.78 is 5.19. The van der Waals surface area contributed by atoms with Crippen molar-refractivity contribution in [3.63, 3.8) is 0 Å². The average molecular weight is 192 g/mol. The minimum Gasteiger partial charge on any atom is -0.493 e. The largest absolute Gasteiger partial charge is 0.493 e. The van der Waals surface area contributed by atoms with Gasteiger partial charge in [-0.3, -0.25) is 4.98 Å². The van der Waals surface area contributed by atoms with Crippen molar-refractivity contribution in [3.05, 3.63) is 30.6 Å². The normalized spacial score (nSPS) is 11.9. The van der Waals surface area contributed by atoms with Gasteiger partial charge in [0.1, 0.15) is 0 Å². The number of rotatable bonds is 4. The standard InChI is InChI=1S/C11H16N2O/c1-5-8(2)13-10-6-9(3)12-7-11(10)14-4/h5-8H,1H2,2-4H3,(H,12,13). The second-order valence-corrected chi connectivity index (χ2v) is 3.19. The molecule has 0 bridgehead atoms. The van der Waals surface area contributed by atoms with Crippen LogP contribution in [0, 0.1) is 6.92 Å². The predicted octanol–water partition coefficient (Wildman–Crippen LogP) is 2.39. The molecule has 0 saturated heterocycles. The van der Waals surface area contributed by atoms with Crippen LogP contribution in [0.25, 0.3) is 0 Å². The topological polar surface area (TPSA) is 34.2 Å².